The predicted molar refractivity (Wildman–Crippen MR) is 74.5 cm³/mol. The van der Waals surface area contributed by atoms with E-state index in [-0.39, 0.29) is 5.12 Å². The maximum atomic E-state index is 10.8. The maximum Gasteiger partial charge on any atom is 0.185 e. The van der Waals surface area contributed by atoms with Gasteiger partial charge in [-0.1, -0.05) is 41.2 Å². The van der Waals surface area contributed by atoms with Crippen molar-refractivity contribution in [1.82, 2.24) is 0 Å². The van der Waals surface area contributed by atoms with E-state index in [4.69, 9.17) is 5.21 Å². The van der Waals surface area contributed by atoms with Crippen molar-refractivity contribution in [2.24, 2.45) is 5.16 Å². The monoisotopic (exact) mass is 283 g/mol. The van der Waals surface area contributed by atoms with Gasteiger partial charge in [0.2, 0.25) is 0 Å². The largest absolute Gasteiger partial charge is 0.411 e. The summed E-state index contributed by atoms with van der Waals surface area (Å²) in [5.41, 5.74) is 1.02. The maximum absolute atomic E-state index is 10.8. The summed E-state index contributed by atoms with van der Waals surface area (Å²) in [5, 5.41) is 31.4. The Morgan fingerprint density at radius 1 is 1.42 bits per heavy atom. The normalized spacial score (nSPS) is 14.5. The van der Waals surface area contributed by atoms with Crippen LogP contribution in [0.15, 0.2) is 29.4 Å². The minimum Gasteiger partial charge on any atom is -0.411 e. The second-order valence-corrected chi connectivity index (χ2v) is 5.29. The average molecular weight is 283 g/mol. The van der Waals surface area contributed by atoms with Gasteiger partial charge >= 0.3 is 0 Å². The van der Waals surface area contributed by atoms with Gasteiger partial charge in [0.25, 0.3) is 0 Å². The highest BCUT2D eigenvalue weighted by Gasteiger charge is 2.20. The third-order valence-corrected chi connectivity index (χ3v) is 3.44. The predicted octanol–water partition coefficient (Wildman–Crippen LogP) is 1.56. The van der Waals surface area contributed by atoms with Crippen LogP contribution in [0.5, 0.6) is 0 Å². The first-order valence-electron chi connectivity index (χ1n) is 5.82. The molecule has 19 heavy (non-hydrogen) atoms. The number of carbonyl (C=O) groups is 1. The van der Waals surface area contributed by atoms with Gasteiger partial charge in [0.15, 0.2) is 5.12 Å². The molecule has 0 aliphatic heterocycles. The Kier molecular flexibility index (Phi) is 6.55. The summed E-state index contributed by atoms with van der Waals surface area (Å²) in [6.45, 7) is 1.46. The number of rotatable bonds is 6. The van der Waals surface area contributed by atoms with Gasteiger partial charge in [-0.25, -0.2) is 0 Å². The van der Waals surface area contributed by atoms with Gasteiger partial charge in [-0.15, -0.1) is 0 Å². The zero-order valence-corrected chi connectivity index (χ0v) is 11.4. The molecule has 5 nitrogen and oxygen atoms in total. The van der Waals surface area contributed by atoms with Crippen molar-refractivity contribution in [2.45, 2.75) is 25.6 Å². The Morgan fingerprint density at radius 2 is 2.11 bits per heavy atom. The Hall–Kier alpha value is -1.37. The number of thioether (sulfide) groups is 1. The molecule has 0 saturated heterocycles. The van der Waals surface area contributed by atoms with Crippen LogP contribution in [-0.2, 0) is 4.79 Å². The van der Waals surface area contributed by atoms with E-state index in [1.807, 2.05) is 0 Å². The van der Waals surface area contributed by atoms with E-state index >= 15 is 0 Å². The zero-order chi connectivity index (χ0) is 14.3. The van der Waals surface area contributed by atoms with Crippen molar-refractivity contribution in [2.75, 3.05) is 5.75 Å². The van der Waals surface area contributed by atoms with Crippen LogP contribution < -0.4 is 0 Å². The zero-order valence-electron chi connectivity index (χ0n) is 10.6. The molecule has 0 saturated carbocycles. The molecule has 2 atom stereocenters. The fourth-order valence-corrected chi connectivity index (χ4v) is 2.30. The van der Waals surface area contributed by atoms with Gasteiger partial charge < -0.3 is 15.4 Å². The number of carbonyl (C=O) groups excluding carboxylic acids is 1. The average Bonchev–Trinajstić information content (AvgIpc) is 2.38. The molecule has 0 radical (unpaired) electrons. The molecule has 0 fully saturated rings. The summed E-state index contributed by atoms with van der Waals surface area (Å²) < 4.78 is 0. The molecule has 0 amide bonds. The van der Waals surface area contributed by atoms with E-state index in [1.54, 1.807) is 24.3 Å². The van der Waals surface area contributed by atoms with Crippen LogP contribution in [-0.4, -0.2) is 38.6 Å². The van der Waals surface area contributed by atoms with E-state index < -0.39 is 12.2 Å². The molecule has 0 heterocycles. The summed E-state index contributed by atoms with van der Waals surface area (Å²) in [4.78, 5) is 10.8. The number of aliphatic hydroxyl groups excluding tert-OH is 2. The number of hydrogen-bond acceptors (Lipinski definition) is 6. The first-order valence-corrected chi connectivity index (χ1v) is 6.80. The van der Waals surface area contributed by atoms with Crippen LogP contribution >= 0.6 is 11.8 Å². The van der Waals surface area contributed by atoms with Crippen molar-refractivity contribution in [3.8, 4) is 0 Å². The summed E-state index contributed by atoms with van der Waals surface area (Å²) >= 11 is 1.11. The van der Waals surface area contributed by atoms with Crippen molar-refractivity contribution in [3.63, 3.8) is 0 Å². The Labute approximate surface area is 116 Å². The molecule has 1 aromatic carbocycles. The topological polar surface area (TPSA) is 90.1 Å². The number of aliphatic hydroxyl groups is 2. The number of hydrogen-bond donors (Lipinski definition) is 3. The first kappa shape index (κ1) is 15.7. The lowest BCUT2D eigenvalue weighted by Gasteiger charge is -2.19. The lowest BCUT2D eigenvalue weighted by molar-refractivity contribution is -0.109. The fourth-order valence-electron chi connectivity index (χ4n) is 1.65. The molecular formula is C13H17NO4S. The SMILES string of the molecule is CC(=O)SCCC(O)C(O)c1ccccc1C=NO. The minimum atomic E-state index is -1.08. The number of nitrogens with zero attached hydrogens (tertiary/aromatic N) is 1. The third kappa shape index (κ3) is 5.02. The molecule has 0 bridgehead atoms. The van der Waals surface area contributed by atoms with Crippen molar-refractivity contribution in [3.05, 3.63) is 35.4 Å². The summed E-state index contributed by atoms with van der Waals surface area (Å²) in [5.74, 6) is 0.448. The molecule has 2 unspecified atom stereocenters. The highest BCUT2D eigenvalue weighted by molar-refractivity contribution is 8.13. The first-order chi connectivity index (χ1) is 9.06. The fraction of sp³-hybridized carbons (Fsp3) is 0.385. The van der Waals surface area contributed by atoms with E-state index in [0.29, 0.717) is 23.3 Å². The molecule has 1 aromatic rings. The highest BCUT2D eigenvalue weighted by Crippen LogP contribution is 2.23. The lowest BCUT2D eigenvalue weighted by Crippen LogP contribution is -2.20. The second kappa shape index (κ2) is 7.93. The molecule has 1 rings (SSSR count). The van der Waals surface area contributed by atoms with Gasteiger partial charge in [0.05, 0.1) is 12.3 Å². The molecular weight excluding hydrogens is 266 g/mol. The van der Waals surface area contributed by atoms with Crippen LogP contribution in [0, 0.1) is 0 Å². The molecule has 0 aliphatic carbocycles. The second-order valence-electron chi connectivity index (χ2n) is 4.01. The van der Waals surface area contributed by atoms with E-state index in [9.17, 15) is 15.0 Å². The molecule has 3 N–H and O–H groups in total. The number of benzene rings is 1. The molecule has 6 heteroatoms. The number of oxime groups is 1. The van der Waals surface area contributed by atoms with Gasteiger partial charge in [-0.05, 0) is 12.0 Å². The van der Waals surface area contributed by atoms with E-state index in [0.717, 1.165) is 11.8 Å². The molecule has 0 spiro atoms. The summed E-state index contributed by atoms with van der Waals surface area (Å²) in [6, 6.07) is 6.80. The summed E-state index contributed by atoms with van der Waals surface area (Å²) in [6.07, 6.45) is -0.548. The van der Waals surface area contributed by atoms with Crippen molar-refractivity contribution in [1.29, 1.82) is 0 Å². The quantitative estimate of drug-likeness (QED) is 0.419. The van der Waals surface area contributed by atoms with Crippen molar-refractivity contribution >= 4 is 23.1 Å². The Bertz CT molecular complexity index is 450. The summed E-state index contributed by atoms with van der Waals surface area (Å²) in [7, 11) is 0. The molecule has 104 valence electrons. The van der Waals surface area contributed by atoms with Crippen LogP contribution in [0.3, 0.4) is 0 Å². The molecule has 0 aliphatic rings. The van der Waals surface area contributed by atoms with Gasteiger partial charge in [0, 0.05) is 18.2 Å². The van der Waals surface area contributed by atoms with Crippen LogP contribution in [0.4, 0.5) is 0 Å². The lowest BCUT2D eigenvalue weighted by atomic mass is 9.98. The highest BCUT2D eigenvalue weighted by atomic mass is 32.2. The van der Waals surface area contributed by atoms with Gasteiger partial charge in [0.1, 0.15) is 6.10 Å². The Balaban J connectivity index is 2.70. The third-order valence-electron chi connectivity index (χ3n) is 2.59. The smallest absolute Gasteiger partial charge is 0.185 e. The van der Waals surface area contributed by atoms with E-state index in [2.05, 4.69) is 5.16 Å². The minimum absolute atomic E-state index is 0.0190. The van der Waals surface area contributed by atoms with Crippen LogP contribution in [0.2, 0.25) is 0 Å². The van der Waals surface area contributed by atoms with Crippen LogP contribution in [0.25, 0.3) is 0 Å². The van der Waals surface area contributed by atoms with E-state index in [1.165, 1.54) is 13.1 Å². The van der Waals surface area contributed by atoms with Gasteiger partial charge in [-0.2, -0.15) is 0 Å². The Morgan fingerprint density at radius 3 is 2.74 bits per heavy atom. The molecule has 0 aromatic heterocycles. The van der Waals surface area contributed by atoms with Gasteiger partial charge in [-0.3, -0.25) is 4.79 Å². The van der Waals surface area contributed by atoms with Crippen LogP contribution in [0.1, 0.15) is 30.6 Å². The standard InChI is InChI=1S/C13H17NO4S/c1-9(15)19-7-6-12(16)13(17)11-5-3-2-4-10(11)8-14-18/h2-5,8,12-13,16-18H,6-7H2,1H3. The van der Waals surface area contributed by atoms with Crippen molar-refractivity contribution < 1.29 is 20.2 Å².